The first-order valence-electron chi connectivity index (χ1n) is 5.37. The van der Waals surface area contributed by atoms with E-state index in [0.29, 0.717) is 5.88 Å². The van der Waals surface area contributed by atoms with Crippen molar-refractivity contribution < 1.29 is 4.79 Å². The topological polar surface area (TPSA) is 20.3 Å². The highest BCUT2D eigenvalue weighted by molar-refractivity contribution is 6.19. The summed E-state index contributed by atoms with van der Waals surface area (Å²) >= 11 is 5.69. The van der Waals surface area contributed by atoms with Crippen LogP contribution in [0.25, 0.3) is 0 Å². The number of amides is 1. The monoisotopic (exact) mass is 239 g/mol. The van der Waals surface area contributed by atoms with E-state index in [4.69, 9.17) is 11.6 Å². The number of halogens is 1. The number of alkyl halides is 1. The van der Waals surface area contributed by atoms with Gasteiger partial charge in [0.25, 0.3) is 0 Å². The normalized spacial score (nSPS) is 12.3. The van der Waals surface area contributed by atoms with Crippen LogP contribution < -0.4 is 4.90 Å². The second-order valence-corrected chi connectivity index (χ2v) is 4.61. The minimum Gasteiger partial charge on any atom is -0.315 e. The summed E-state index contributed by atoms with van der Waals surface area (Å²) in [7, 11) is 1.79. The molecule has 1 amide bonds. The molecule has 0 heterocycles. The molecule has 0 bridgehead atoms. The van der Waals surface area contributed by atoms with E-state index in [9.17, 15) is 4.79 Å². The third kappa shape index (κ3) is 2.99. The van der Waals surface area contributed by atoms with Gasteiger partial charge >= 0.3 is 0 Å². The third-order valence-corrected chi connectivity index (χ3v) is 3.04. The van der Waals surface area contributed by atoms with Gasteiger partial charge in [-0.05, 0) is 37.1 Å². The molecule has 2 nitrogen and oxygen atoms in total. The Morgan fingerprint density at radius 2 is 1.81 bits per heavy atom. The van der Waals surface area contributed by atoms with Crippen LogP contribution in [0.3, 0.4) is 0 Å². The van der Waals surface area contributed by atoms with Crippen molar-refractivity contribution in [2.24, 2.45) is 5.92 Å². The molecule has 0 N–H and O–H groups in total. The molecule has 0 spiro atoms. The third-order valence-electron chi connectivity index (χ3n) is 2.58. The highest BCUT2D eigenvalue weighted by Crippen LogP contribution is 2.19. The van der Waals surface area contributed by atoms with E-state index in [0.717, 1.165) is 16.8 Å². The molecule has 1 rings (SSSR count). The van der Waals surface area contributed by atoms with Crippen LogP contribution in [0.2, 0.25) is 0 Å². The van der Waals surface area contributed by atoms with E-state index in [2.05, 4.69) is 6.07 Å². The lowest BCUT2D eigenvalue weighted by molar-refractivity contribution is -0.121. The second kappa shape index (κ2) is 5.35. The summed E-state index contributed by atoms with van der Waals surface area (Å²) in [6.07, 6.45) is 0. The number of carbonyl (C=O) groups is 1. The van der Waals surface area contributed by atoms with Crippen molar-refractivity contribution in [2.75, 3.05) is 17.8 Å². The van der Waals surface area contributed by atoms with Gasteiger partial charge in [-0.25, -0.2) is 0 Å². The molecule has 0 aliphatic carbocycles. The van der Waals surface area contributed by atoms with Gasteiger partial charge in [0.2, 0.25) is 5.91 Å². The minimum absolute atomic E-state index is 0.0556. The molecule has 1 aromatic rings. The quantitative estimate of drug-likeness (QED) is 0.743. The van der Waals surface area contributed by atoms with Crippen molar-refractivity contribution in [2.45, 2.75) is 20.8 Å². The predicted octanol–water partition coefficient (Wildman–Crippen LogP) is 3.14. The van der Waals surface area contributed by atoms with E-state index in [1.54, 1.807) is 11.9 Å². The van der Waals surface area contributed by atoms with Crippen molar-refractivity contribution in [3.8, 4) is 0 Å². The van der Waals surface area contributed by atoms with Gasteiger partial charge in [0, 0.05) is 24.5 Å². The van der Waals surface area contributed by atoms with Gasteiger partial charge in [-0.1, -0.05) is 13.0 Å². The Labute approximate surface area is 102 Å². The van der Waals surface area contributed by atoms with E-state index in [1.165, 1.54) is 0 Å². The largest absolute Gasteiger partial charge is 0.315 e. The Bertz CT molecular complexity index is 369. The lowest BCUT2D eigenvalue weighted by Gasteiger charge is -2.21. The molecule has 0 aliphatic rings. The smallest absolute Gasteiger partial charge is 0.230 e. The van der Waals surface area contributed by atoms with Crippen LogP contribution in [-0.4, -0.2) is 18.8 Å². The summed E-state index contributed by atoms with van der Waals surface area (Å²) in [5.74, 6) is 0.265. The van der Waals surface area contributed by atoms with Gasteiger partial charge in [-0.2, -0.15) is 0 Å². The Morgan fingerprint density at radius 1 is 1.31 bits per heavy atom. The molecule has 1 unspecified atom stereocenters. The summed E-state index contributed by atoms with van der Waals surface area (Å²) in [4.78, 5) is 13.6. The molecule has 0 saturated heterocycles. The molecule has 0 aromatic heterocycles. The Morgan fingerprint density at radius 3 is 2.25 bits per heavy atom. The van der Waals surface area contributed by atoms with Gasteiger partial charge in [-0.15, -0.1) is 11.6 Å². The van der Waals surface area contributed by atoms with Crippen LogP contribution in [0, 0.1) is 19.8 Å². The zero-order chi connectivity index (χ0) is 12.3. The fraction of sp³-hybridized carbons (Fsp3) is 0.462. The van der Waals surface area contributed by atoms with Crippen molar-refractivity contribution in [3.63, 3.8) is 0 Å². The van der Waals surface area contributed by atoms with Gasteiger partial charge < -0.3 is 4.90 Å². The van der Waals surface area contributed by atoms with Crippen molar-refractivity contribution in [1.29, 1.82) is 0 Å². The molecule has 0 radical (unpaired) electrons. The van der Waals surface area contributed by atoms with Gasteiger partial charge in [-0.3, -0.25) is 4.79 Å². The van der Waals surface area contributed by atoms with Crippen LogP contribution >= 0.6 is 11.6 Å². The number of carbonyl (C=O) groups excluding carboxylic acids is 1. The maximum absolute atomic E-state index is 11.9. The Kier molecular flexibility index (Phi) is 4.36. The molecule has 3 heteroatoms. The fourth-order valence-corrected chi connectivity index (χ4v) is 1.80. The van der Waals surface area contributed by atoms with Crippen LogP contribution in [0.4, 0.5) is 5.69 Å². The molecule has 88 valence electrons. The van der Waals surface area contributed by atoms with Gasteiger partial charge in [0.15, 0.2) is 0 Å². The first-order chi connectivity index (χ1) is 7.45. The zero-order valence-corrected chi connectivity index (χ0v) is 11.0. The number of aryl methyl sites for hydroxylation is 2. The molecular weight excluding hydrogens is 222 g/mol. The number of anilines is 1. The maximum atomic E-state index is 11.9. The second-order valence-electron chi connectivity index (χ2n) is 4.30. The van der Waals surface area contributed by atoms with Crippen LogP contribution in [-0.2, 0) is 4.79 Å². The molecule has 0 aliphatic heterocycles. The zero-order valence-electron chi connectivity index (χ0n) is 10.2. The summed E-state index contributed by atoms with van der Waals surface area (Å²) in [6.45, 7) is 5.90. The first kappa shape index (κ1) is 13.0. The van der Waals surface area contributed by atoms with Crippen molar-refractivity contribution >= 4 is 23.2 Å². The maximum Gasteiger partial charge on any atom is 0.230 e. The number of rotatable bonds is 3. The van der Waals surface area contributed by atoms with Crippen LogP contribution in [0.1, 0.15) is 18.1 Å². The first-order valence-corrected chi connectivity index (χ1v) is 5.91. The average Bonchev–Trinajstić information content (AvgIpc) is 2.24. The number of nitrogens with zero attached hydrogens (tertiary/aromatic N) is 1. The lowest BCUT2D eigenvalue weighted by Crippen LogP contribution is -2.32. The van der Waals surface area contributed by atoms with Gasteiger partial charge in [0.05, 0.1) is 0 Å². The lowest BCUT2D eigenvalue weighted by atomic mass is 10.1. The molecule has 16 heavy (non-hydrogen) atoms. The minimum atomic E-state index is -0.146. The summed E-state index contributed by atoms with van der Waals surface area (Å²) < 4.78 is 0. The summed E-state index contributed by atoms with van der Waals surface area (Å²) in [5.41, 5.74) is 3.25. The van der Waals surface area contributed by atoms with Gasteiger partial charge in [0.1, 0.15) is 0 Å². The van der Waals surface area contributed by atoms with E-state index in [-0.39, 0.29) is 11.8 Å². The highest BCUT2D eigenvalue weighted by atomic mass is 35.5. The van der Waals surface area contributed by atoms with E-state index in [1.807, 2.05) is 32.9 Å². The SMILES string of the molecule is Cc1cc(C)cc(N(C)C(=O)C(C)CCl)c1. The predicted molar refractivity (Wildman–Crippen MR) is 69.2 cm³/mol. The number of hydrogen-bond donors (Lipinski definition) is 0. The van der Waals surface area contributed by atoms with Crippen LogP contribution in [0.15, 0.2) is 18.2 Å². The molecular formula is C13H18ClNO. The van der Waals surface area contributed by atoms with E-state index >= 15 is 0 Å². The summed E-state index contributed by atoms with van der Waals surface area (Å²) in [5, 5.41) is 0. The average molecular weight is 240 g/mol. The molecule has 1 aromatic carbocycles. The number of hydrogen-bond acceptors (Lipinski definition) is 1. The Balaban J connectivity index is 2.95. The molecule has 0 saturated carbocycles. The highest BCUT2D eigenvalue weighted by Gasteiger charge is 2.17. The fourth-order valence-electron chi connectivity index (χ4n) is 1.67. The van der Waals surface area contributed by atoms with E-state index < -0.39 is 0 Å². The standard InChI is InChI=1S/C13H18ClNO/c1-9-5-10(2)7-12(6-9)15(4)13(16)11(3)8-14/h5-7,11H,8H2,1-4H3. The Hall–Kier alpha value is -1.02. The van der Waals surface area contributed by atoms with Crippen LogP contribution in [0.5, 0.6) is 0 Å². The summed E-state index contributed by atoms with van der Waals surface area (Å²) in [6, 6.07) is 6.10. The van der Waals surface area contributed by atoms with Crippen molar-refractivity contribution in [3.05, 3.63) is 29.3 Å². The molecule has 1 atom stereocenters. The molecule has 0 fully saturated rings. The van der Waals surface area contributed by atoms with Crippen molar-refractivity contribution in [1.82, 2.24) is 0 Å². The number of benzene rings is 1.